The van der Waals surface area contributed by atoms with E-state index in [0.717, 1.165) is 23.8 Å². The summed E-state index contributed by atoms with van der Waals surface area (Å²) in [7, 11) is 0. The number of piperidine rings is 1. The summed E-state index contributed by atoms with van der Waals surface area (Å²) in [6.45, 7) is 6.79. The molecule has 20 heavy (non-hydrogen) atoms. The first-order valence-corrected chi connectivity index (χ1v) is 7.30. The van der Waals surface area contributed by atoms with Crippen LogP contribution in [0.25, 0.3) is 11.5 Å². The minimum atomic E-state index is 0.480. The molecule has 5 heteroatoms. The van der Waals surface area contributed by atoms with Crippen molar-refractivity contribution in [2.45, 2.75) is 38.6 Å². The molecule has 3 rings (SSSR count). The van der Waals surface area contributed by atoms with Crippen molar-refractivity contribution in [1.82, 2.24) is 24.8 Å². The first-order valence-electron chi connectivity index (χ1n) is 7.30. The summed E-state index contributed by atoms with van der Waals surface area (Å²) in [5.41, 5.74) is 1.92. The van der Waals surface area contributed by atoms with Crippen molar-refractivity contribution >= 4 is 0 Å². The number of hydrogen-bond donors (Lipinski definition) is 1. The van der Waals surface area contributed by atoms with Crippen LogP contribution in [0, 0.1) is 0 Å². The minimum Gasteiger partial charge on any atom is -0.343 e. The molecule has 1 N–H and O–H groups in total. The maximum Gasteiger partial charge on any atom is 0.157 e. The summed E-state index contributed by atoms with van der Waals surface area (Å²) in [6, 6.07) is 0.596. The van der Waals surface area contributed by atoms with Gasteiger partial charge in [-0.3, -0.25) is 4.98 Å². The van der Waals surface area contributed by atoms with Crippen LogP contribution in [0.2, 0.25) is 0 Å². The fourth-order valence-corrected chi connectivity index (χ4v) is 2.81. The van der Waals surface area contributed by atoms with E-state index in [-0.39, 0.29) is 0 Å². The number of rotatable bonds is 3. The first-order chi connectivity index (χ1) is 9.74. The van der Waals surface area contributed by atoms with Gasteiger partial charge in [0.2, 0.25) is 0 Å². The molecule has 1 aliphatic heterocycles. The lowest BCUT2D eigenvalue weighted by Gasteiger charge is -2.35. The molecular weight excluding hydrogens is 250 g/mol. The average Bonchev–Trinajstić information content (AvgIpc) is 3.02. The Morgan fingerprint density at radius 1 is 1.35 bits per heavy atom. The van der Waals surface area contributed by atoms with Gasteiger partial charge in [-0.05, 0) is 33.2 Å². The van der Waals surface area contributed by atoms with E-state index in [0.29, 0.717) is 12.0 Å². The molecule has 0 aliphatic carbocycles. The van der Waals surface area contributed by atoms with Crippen LogP contribution >= 0.6 is 0 Å². The van der Waals surface area contributed by atoms with E-state index >= 15 is 0 Å². The van der Waals surface area contributed by atoms with Gasteiger partial charge in [0.1, 0.15) is 5.69 Å². The molecule has 2 aromatic heterocycles. The second-order valence-corrected chi connectivity index (χ2v) is 5.69. The van der Waals surface area contributed by atoms with Crippen LogP contribution in [0.3, 0.4) is 0 Å². The molecule has 1 fully saturated rings. The molecule has 1 atom stereocenters. The molecule has 0 radical (unpaired) electrons. The highest BCUT2D eigenvalue weighted by Crippen LogP contribution is 2.27. The van der Waals surface area contributed by atoms with Crippen LogP contribution < -0.4 is 0 Å². The largest absolute Gasteiger partial charge is 0.343 e. The number of aromatic amines is 1. The van der Waals surface area contributed by atoms with Crippen LogP contribution in [0.5, 0.6) is 0 Å². The van der Waals surface area contributed by atoms with Crippen molar-refractivity contribution in [2.24, 2.45) is 0 Å². The predicted molar refractivity (Wildman–Crippen MR) is 78.3 cm³/mol. The van der Waals surface area contributed by atoms with E-state index in [1.165, 1.54) is 19.4 Å². The molecule has 1 saturated heterocycles. The fraction of sp³-hybridized carbons (Fsp3) is 0.533. The SMILES string of the molecule is CC(C)N1CCC[C@@H](c2cncc(-c3ncc[nH]3)n2)C1. The van der Waals surface area contributed by atoms with Crippen LogP contribution in [0.4, 0.5) is 0 Å². The van der Waals surface area contributed by atoms with Gasteiger partial charge in [0, 0.05) is 37.1 Å². The molecule has 0 unspecified atom stereocenters. The molecule has 2 aromatic rings. The zero-order chi connectivity index (χ0) is 13.9. The highest BCUT2D eigenvalue weighted by molar-refractivity contribution is 5.47. The van der Waals surface area contributed by atoms with Crippen LogP contribution in [0.1, 0.15) is 38.3 Å². The minimum absolute atomic E-state index is 0.480. The number of imidazole rings is 1. The van der Waals surface area contributed by atoms with Crippen molar-refractivity contribution in [2.75, 3.05) is 13.1 Å². The molecule has 0 aromatic carbocycles. The molecule has 0 saturated carbocycles. The second kappa shape index (κ2) is 5.71. The highest BCUT2D eigenvalue weighted by atomic mass is 15.2. The van der Waals surface area contributed by atoms with Gasteiger partial charge in [0.05, 0.1) is 11.9 Å². The van der Waals surface area contributed by atoms with Gasteiger partial charge in [-0.25, -0.2) is 9.97 Å². The number of nitrogens with zero attached hydrogens (tertiary/aromatic N) is 4. The maximum atomic E-state index is 4.75. The third-order valence-corrected chi connectivity index (χ3v) is 4.00. The zero-order valence-electron chi connectivity index (χ0n) is 12.1. The molecule has 106 valence electrons. The second-order valence-electron chi connectivity index (χ2n) is 5.69. The van der Waals surface area contributed by atoms with Gasteiger partial charge in [-0.2, -0.15) is 0 Å². The van der Waals surface area contributed by atoms with E-state index in [4.69, 9.17) is 4.98 Å². The molecule has 0 bridgehead atoms. The van der Waals surface area contributed by atoms with Crippen molar-refractivity contribution in [1.29, 1.82) is 0 Å². The van der Waals surface area contributed by atoms with Crippen LogP contribution in [0.15, 0.2) is 24.8 Å². The normalized spacial score (nSPS) is 20.4. The van der Waals surface area contributed by atoms with Gasteiger partial charge in [-0.15, -0.1) is 0 Å². The Hall–Kier alpha value is -1.75. The Balaban J connectivity index is 1.81. The molecule has 0 amide bonds. The zero-order valence-corrected chi connectivity index (χ0v) is 12.1. The van der Waals surface area contributed by atoms with E-state index in [1.54, 1.807) is 12.4 Å². The van der Waals surface area contributed by atoms with Crippen LogP contribution in [-0.4, -0.2) is 44.0 Å². The lowest BCUT2D eigenvalue weighted by Crippen LogP contribution is -2.39. The van der Waals surface area contributed by atoms with E-state index in [2.05, 4.69) is 33.7 Å². The average molecular weight is 271 g/mol. The Bertz CT molecular complexity index is 549. The lowest BCUT2D eigenvalue weighted by molar-refractivity contribution is 0.166. The van der Waals surface area contributed by atoms with Crippen molar-refractivity contribution in [3.63, 3.8) is 0 Å². The Labute approximate surface area is 119 Å². The Morgan fingerprint density at radius 3 is 3.00 bits per heavy atom. The predicted octanol–water partition coefficient (Wildman–Crippen LogP) is 2.45. The fourth-order valence-electron chi connectivity index (χ4n) is 2.81. The maximum absolute atomic E-state index is 4.75. The molecule has 1 aliphatic rings. The quantitative estimate of drug-likeness (QED) is 0.931. The molecule has 3 heterocycles. The summed E-state index contributed by atoms with van der Waals surface area (Å²) in [4.78, 5) is 19.0. The van der Waals surface area contributed by atoms with Gasteiger partial charge < -0.3 is 9.88 Å². The van der Waals surface area contributed by atoms with Gasteiger partial charge in [-0.1, -0.05) is 0 Å². The highest BCUT2D eigenvalue weighted by Gasteiger charge is 2.24. The third-order valence-electron chi connectivity index (χ3n) is 4.00. The summed E-state index contributed by atoms with van der Waals surface area (Å²) < 4.78 is 0. The molecule has 5 nitrogen and oxygen atoms in total. The van der Waals surface area contributed by atoms with Gasteiger partial charge >= 0.3 is 0 Å². The number of likely N-dealkylation sites (tertiary alicyclic amines) is 1. The van der Waals surface area contributed by atoms with E-state index in [1.807, 2.05) is 12.4 Å². The van der Waals surface area contributed by atoms with Crippen molar-refractivity contribution in [3.05, 3.63) is 30.5 Å². The summed E-state index contributed by atoms with van der Waals surface area (Å²) >= 11 is 0. The van der Waals surface area contributed by atoms with E-state index in [9.17, 15) is 0 Å². The summed E-state index contributed by atoms with van der Waals surface area (Å²) in [5, 5.41) is 0. The number of nitrogens with one attached hydrogen (secondary N) is 1. The monoisotopic (exact) mass is 271 g/mol. The number of aromatic nitrogens is 4. The topological polar surface area (TPSA) is 57.7 Å². The number of H-pyrrole nitrogens is 1. The van der Waals surface area contributed by atoms with Gasteiger partial charge in [0.25, 0.3) is 0 Å². The third kappa shape index (κ3) is 2.72. The van der Waals surface area contributed by atoms with Crippen LogP contribution in [-0.2, 0) is 0 Å². The summed E-state index contributed by atoms with van der Waals surface area (Å²) in [5.74, 6) is 1.27. The smallest absolute Gasteiger partial charge is 0.157 e. The van der Waals surface area contributed by atoms with Crippen molar-refractivity contribution < 1.29 is 0 Å². The molecule has 0 spiro atoms. The molecular formula is C15H21N5. The lowest BCUT2D eigenvalue weighted by atomic mass is 9.94. The van der Waals surface area contributed by atoms with E-state index < -0.39 is 0 Å². The van der Waals surface area contributed by atoms with Crippen molar-refractivity contribution in [3.8, 4) is 11.5 Å². The standard InChI is InChI=1S/C15H21N5/c1-11(2)20-7-3-4-12(10-20)13-8-16-9-14(19-13)15-17-5-6-18-15/h5-6,8-9,11-12H,3-4,7,10H2,1-2H3,(H,17,18)/t12-/m1/s1. The first kappa shape index (κ1) is 13.2. The summed E-state index contributed by atoms with van der Waals surface area (Å²) in [6.07, 6.45) is 9.65. The Kier molecular flexibility index (Phi) is 3.78. The van der Waals surface area contributed by atoms with Gasteiger partial charge in [0.15, 0.2) is 5.82 Å². The number of hydrogen-bond acceptors (Lipinski definition) is 4. The Morgan fingerprint density at radius 2 is 2.25 bits per heavy atom.